The average molecular weight is 516 g/mol. The molecule has 1 aromatic carbocycles. The molecule has 1 aromatic rings. The van der Waals surface area contributed by atoms with Crippen LogP contribution in [0.4, 0.5) is 4.79 Å². The number of benzene rings is 1. The molecule has 7 heteroatoms. The molecule has 0 aliphatic carbocycles. The third kappa shape index (κ3) is 9.23. The lowest BCUT2D eigenvalue weighted by Crippen LogP contribution is -2.44. The van der Waals surface area contributed by atoms with E-state index in [4.69, 9.17) is 4.74 Å². The van der Waals surface area contributed by atoms with Crippen molar-refractivity contribution in [3.05, 3.63) is 35.9 Å². The van der Waals surface area contributed by atoms with Crippen LogP contribution in [0.3, 0.4) is 0 Å². The summed E-state index contributed by atoms with van der Waals surface area (Å²) in [5, 5.41) is 6.83. The first-order valence-corrected chi connectivity index (χ1v) is 10.3. The van der Waals surface area contributed by atoms with Crippen molar-refractivity contribution in [3.63, 3.8) is 0 Å². The summed E-state index contributed by atoms with van der Waals surface area (Å²) in [6.07, 6.45) is 2.98. The zero-order chi connectivity index (χ0) is 20.6. The largest absolute Gasteiger partial charge is 0.444 e. The van der Waals surface area contributed by atoms with Crippen LogP contribution in [0.2, 0.25) is 0 Å². The summed E-state index contributed by atoms with van der Waals surface area (Å²) in [6.45, 7) is 10.2. The van der Waals surface area contributed by atoms with Crippen molar-refractivity contribution < 1.29 is 9.53 Å². The molecule has 1 aliphatic heterocycles. The molecule has 1 fully saturated rings. The Labute approximate surface area is 192 Å². The second-order valence-corrected chi connectivity index (χ2v) is 8.50. The number of amides is 1. The second-order valence-electron chi connectivity index (χ2n) is 8.50. The van der Waals surface area contributed by atoms with Crippen molar-refractivity contribution in [1.82, 2.24) is 15.5 Å². The smallest absolute Gasteiger partial charge is 0.410 e. The Morgan fingerprint density at radius 3 is 2.62 bits per heavy atom. The van der Waals surface area contributed by atoms with Gasteiger partial charge in [-0.2, -0.15) is 0 Å². The maximum atomic E-state index is 12.3. The van der Waals surface area contributed by atoms with Gasteiger partial charge in [-0.3, -0.25) is 4.99 Å². The first kappa shape index (κ1) is 25.5. The third-order valence-corrected chi connectivity index (χ3v) is 4.89. The number of carbonyl (C=O) groups excluding carboxylic acids is 1. The van der Waals surface area contributed by atoms with Crippen LogP contribution < -0.4 is 10.6 Å². The van der Waals surface area contributed by atoms with Gasteiger partial charge in [-0.1, -0.05) is 30.3 Å². The topological polar surface area (TPSA) is 66.0 Å². The Morgan fingerprint density at radius 2 is 2.00 bits per heavy atom. The number of nitrogens with zero attached hydrogens (tertiary/aromatic N) is 2. The van der Waals surface area contributed by atoms with E-state index >= 15 is 0 Å². The SMILES string of the molecule is CN=C(NCCC1CCCN(C(=O)OC(C)(C)C)C1)NC(C)c1ccccc1.I. The van der Waals surface area contributed by atoms with Crippen LogP contribution in [0.1, 0.15) is 58.6 Å². The number of piperidine rings is 1. The minimum Gasteiger partial charge on any atom is -0.444 e. The summed E-state index contributed by atoms with van der Waals surface area (Å²) >= 11 is 0. The lowest BCUT2D eigenvalue weighted by molar-refractivity contribution is 0.0162. The molecular formula is C22H37IN4O2. The highest BCUT2D eigenvalue weighted by Crippen LogP contribution is 2.21. The fourth-order valence-electron chi connectivity index (χ4n) is 3.41. The molecular weight excluding hydrogens is 479 g/mol. The van der Waals surface area contributed by atoms with Crippen molar-refractivity contribution >= 4 is 36.0 Å². The highest BCUT2D eigenvalue weighted by atomic mass is 127. The number of ether oxygens (including phenoxy) is 1. The van der Waals surface area contributed by atoms with Crippen molar-refractivity contribution in [2.24, 2.45) is 10.9 Å². The number of hydrogen-bond acceptors (Lipinski definition) is 3. The number of halogens is 1. The Morgan fingerprint density at radius 1 is 1.31 bits per heavy atom. The Balaban J connectivity index is 0.00000420. The Hall–Kier alpha value is -1.51. The Kier molecular flexibility index (Phi) is 10.8. The van der Waals surface area contributed by atoms with Crippen molar-refractivity contribution in [2.45, 2.75) is 58.6 Å². The highest BCUT2D eigenvalue weighted by molar-refractivity contribution is 14.0. The molecule has 0 saturated carbocycles. The number of guanidine groups is 1. The molecule has 1 aliphatic rings. The van der Waals surface area contributed by atoms with Crippen molar-refractivity contribution in [1.29, 1.82) is 0 Å². The van der Waals surface area contributed by atoms with E-state index in [0.717, 1.165) is 44.9 Å². The molecule has 1 amide bonds. The molecule has 29 heavy (non-hydrogen) atoms. The monoisotopic (exact) mass is 516 g/mol. The zero-order valence-electron chi connectivity index (χ0n) is 18.4. The van der Waals surface area contributed by atoms with E-state index in [2.05, 4.69) is 34.7 Å². The summed E-state index contributed by atoms with van der Waals surface area (Å²) in [5.74, 6) is 1.29. The number of likely N-dealkylation sites (tertiary alicyclic amines) is 1. The summed E-state index contributed by atoms with van der Waals surface area (Å²) in [7, 11) is 1.79. The van der Waals surface area contributed by atoms with Crippen LogP contribution in [-0.2, 0) is 4.74 Å². The molecule has 1 heterocycles. The molecule has 2 N–H and O–H groups in total. The van der Waals surface area contributed by atoms with Gasteiger partial charge >= 0.3 is 6.09 Å². The summed E-state index contributed by atoms with van der Waals surface area (Å²) in [6, 6.07) is 10.5. The van der Waals surface area contributed by atoms with E-state index in [0.29, 0.717) is 5.92 Å². The number of hydrogen-bond donors (Lipinski definition) is 2. The van der Waals surface area contributed by atoms with Gasteiger partial charge < -0.3 is 20.3 Å². The van der Waals surface area contributed by atoms with Gasteiger partial charge in [0.2, 0.25) is 0 Å². The first-order chi connectivity index (χ1) is 13.3. The fraction of sp³-hybridized carbons (Fsp3) is 0.636. The number of carbonyl (C=O) groups is 1. The van der Waals surface area contributed by atoms with E-state index in [1.807, 2.05) is 43.9 Å². The standard InChI is InChI=1S/C22H36N4O2.HI/c1-17(19-11-7-6-8-12-19)25-20(23-5)24-14-13-18-10-9-15-26(16-18)21(27)28-22(2,3)4;/h6-8,11-12,17-18H,9-10,13-16H2,1-5H3,(H2,23,24,25);1H. The zero-order valence-corrected chi connectivity index (χ0v) is 20.7. The van der Waals surface area contributed by atoms with Crippen molar-refractivity contribution in [3.8, 4) is 0 Å². The summed E-state index contributed by atoms with van der Waals surface area (Å²) in [4.78, 5) is 18.5. The van der Waals surface area contributed by atoms with Crippen LogP contribution >= 0.6 is 24.0 Å². The minimum absolute atomic E-state index is 0. The molecule has 0 spiro atoms. The van der Waals surface area contributed by atoms with Gasteiger partial charge in [-0.05, 0) is 58.4 Å². The van der Waals surface area contributed by atoms with Gasteiger partial charge in [0.05, 0.1) is 6.04 Å². The molecule has 0 bridgehead atoms. The van der Waals surface area contributed by atoms with Crippen LogP contribution in [0.15, 0.2) is 35.3 Å². The lowest BCUT2D eigenvalue weighted by atomic mass is 9.95. The van der Waals surface area contributed by atoms with E-state index in [1.165, 1.54) is 5.56 Å². The molecule has 0 radical (unpaired) electrons. The predicted molar refractivity (Wildman–Crippen MR) is 130 cm³/mol. The van der Waals surface area contributed by atoms with Crippen LogP contribution in [0.25, 0.3) is 0 Å². The van der Waals surface area contributed by atoms with Gasteiger partial charge in [-0.15, -0.1) is 24.0 Å². The maximum Gasteiger partial charge on any atom is 0.410 e. The van der Waals surface area contributed by atoms with Crippen LogP contribution in [-0.4, -0.2) is 49.2 Å². The minimum atomic E-state index is -0.445. The van der Waals surface area contributed by atoms with E-state index < -0.39 is 5.60 Å². The van der Waals surface area contributed by atoms with E-state index in [9.17, 15) is 4.79 Å². The number of nitrogens with one attached hydrogen (secondary N) is 2. The van der Waals surface area contributed by atoms with Crippen molar-refractivity contribution in [2.75, 3.05) is 26.7 Å². The number of aliphatic imine (C=N–C) groups is 1. The summed E-state index contributed by atoms with van der Waals surface area (Å²) < 4.78 is 5.51. The van der Waals surface area contributed by atoms with Gasteiger partial charge in [0.15, 0.2) is 5.96 Å². The number of rotatable bonds is 5. The highest BCUT2D eigenvalue weighted by Gasteiger charge is 2.27. The maximum absolute atomic E-state index is 12.3. The molecule has 164 valence electrons. The van der Waals surface area contributed by atoms with Crippen LogP contribution in [0.5, 0.6) is 0 Å². The van der Waals surface area contributed by atoms with Gasteiger partial charge in [-0.25, -0.2) is 4.79 Å². The normalized spacial score (nSPS) is 18.4. The van der Waals surface area contributed by atoms with Gasteiger partial charge in [0.25, 0.3) is 0 Å². The third-order valence-electron chi connectivity index (χ3n) is 4.89. The molecule has 1 saturated heterocycles. The first-order valence-electron chi connectivity index (χ1n) is 10.3. The van der Waals surface area contributed by atoms with E-state index in [-0.39, 0.29) is 36.1 Å². The average Bonchev–Trinajstić information content (AvgIpc) is 2.66. The fourth-order valence-corrected chi connectivity index (χ4v) is 3.41. The molecule has 2 rings (SSSR count). The quantitative estimate of drug-likeness (QED) is 0.342. The van der Waals surface area contributed by atoms with Crippen LogP contribution in [0, 0.1) is 5.92 Å². The lowest BCUT2D eigenvalue weighted by Gasteiger charge is -2.34. The van der Waals surface area contributed by atoms with E-state index in [1.54, 1.807) is 7.05 Å². The summed E-state index contributed by atoms with van der Waals surface area (Å²) in [5.41, 5.74) is 0.782. The molecule has 6 nitrogen and oxygen atoms in total. The predicted octanol–water partition coefficient (Wildman–Crippen LogP) is 4.57. The molecule has 2 atom stereocenters. The second kappa shape index (κ2) is 12.2. The van der Waals surface area contributed by atoms with Gasteiger partial charge in [0.1, 0.15) is 5.60 Å². The Bertz CT molecular complexity index is 646. The van der Waals surface area contributed by atoms with Gasteiger partial charge in [0, 0.05) is 26.7 Å². The molecule has 0 aromatic heterocycles. The molecule has 2 unspecified atom stereocenters.